The fourth-order valence-corrected chi connectivity index (χ4v) is 4.53. The van der Waals surface area contributed by atoms with Gasteiger partial charge in [-0.3, -0.25) is 0 Å². The van der Waals surface area contributed by atoms with E-state index in [1.165, 1.54) is 27.8 Å². The van der Waals surface area contributed by atoms with Crippen molar-refractivity contribution < 1.29 is 4.74 Å². The lowest BCUT2D eigenvalue weighted by Crippen LogP contribution is -2.45. The molecule has 0 radical (unpaired) electrons. The average Bonchev–Trinajstić information content (AvgIpc) is 3.05. The second-order valence-corrected chi connectivity index (χ2v) is 7.84. The summed E-state index contributed by atoms with van der Waals surface area (Å²) in [7, 11) is 0. The Kier molecular flexibility index (Phi) is 4.05. The van der Waals surface area contributed by atoms with Crippen molar-refractivity contribution in [3.8, 4) is 0 Å². The predicted molar refractivity (Wildman–Crippen MR) is 110 cm³/mol. The Balaban J connectivity index is 1.35. The fourth-order valence-electron chi connectivity index (χ4n) is 4.53. The Bertz CT molecular complexity index is 939. The number of hydrogen-bond acceptors (Lipinski definition) is 4. The molecule has 0 unspecified atom stereocenters. The first kappa shape index (κ1) is 16.6. The van der Waals surface area contributed by atoms with Gasteiger partial charge in [0.15, 0.2) is 0 Å². The van der Waals surface area contributed by atoms with Gasteiger partial charge in [-0.25, -0.2) is 4.98 Å². The normalized spacial score (nSPS) is 22.9. The number of para-hydroxylation sites is 1. The molecular formula is C22H26N4O. The van der Waals surface area contributed by atoms with Crippen LogP contribution in [0.5, 0.6) is 0 Å². The van der Waals surface area contributed by atoms with Crippen LogP contribution in [0, 0.1) is 0 Å². The average molecular weight is 362 g/mol. The standard InChI is InChI=1S/C22H26N4O/c1-15-12-26(13-16(2)27-15)22-8-7-17(11-23-22)25-10-9-19-18-5-3-4-6-20(18)24-21(19)14-25/h3-8,11,15-16,24H,9-10,12-14H2,1-2H3/t15-,16+. The Labute approximate surface area is 160 Å². The van der Waals surface area contributed by atoms with E-state index >= 15 is 0 Å². The van der Waals surface area contributed by atoms with Gasteiger partial charge in [-0.2, -0.15) is 0 Å². The van der Waals surface area contributed by atoms with Crippen LogP contribution in [0.4, 0.5) is 11.5 Å². The van der Waals surface area contributed by atoms with E-state index in [0.29, 0.717) is 0 Å². The zero-order valence-electron chi connectivity index (χ0n) is 16.0. The molecule has 4 heterocycles. The Morgan fingerprint density at radius 2 is 1.85 bits per heavy atom. The van der Waals surface area contributed by atoms with E-state index in [-0.39, 0.29) is 12.2 Å². The van der Waals surface area contributed by atoms with Gasteiger partial charge in [-0.1, -0.05) is 18.2 Å². The molecule has 0 bridgehead atoms. The van der Waals surface area contributed by atoms with Crippen molar-refractivity contribution in [1.82, 2.24) is 9.97 Å². The number of nitrogens with one attached hydrogen (secondary N) is 1. The first-order valence-electron chi connectivity index (χ1n) is 9.87. The summed E-state index contributed by atoms with van der Waals surface area (Å²) in [5.41, 5.74) is 5.25. The number of H-pyrrole nitrogens is 1. The number of morpholine rings is 1. The molecule has 140 valence electrons. The summed E-state index contributed by atoms with van der Waals surface area (Å²) in [4.78, 5) is 13.1. The molecule has 5 heteroatoms. The van der Waals surface area contributed by atoms with Crippen LogP contribution in [0.2, 0.25) is 0 Å². The highest BCUT2D eigenvalue weighted by Crippen LogP contribution is 2.30. The molecule has 1 N–H and O–H groups in total. The summed E-state index contributed by atoms with van der Waals surface area (Å²) in [6, 6.07) is 13.0. The van der Waals surface area contributed by atoms with Crippen LogP contribution >= 0.6 is 0 Å². The first-order valence-corrected chi connectivity index (χ1v) is 9.87. The van der Waals surface area contributed by atoms with Gasteiger partial charge < -0.3 is 19.5 Å². The van der Waals surface area contributed by atoms with E-state index in [4.69, 9.17) is 9.72 Å². The molecule has 2 aliphatic heterocycles. The minimum absolute atomic E-state index is 0.248. The topological polar surface area (TPSA) is 44.4 Å². The van der Waals surface area contributed by atoms with Crippen LogP contribution in [-0.4, -0.2) is 41.8 Å². The summed E-state index contributed by atoms with van der Waals surface area (Å²) in [6.45, 7) is 8.00. The number of benzene rings is 1. The second-order valence-electron chi connectivity index (χ2n) is 7.84. The lowest BCUT2D eigenvalue weighted by Gasteiger charge is -2.36. The number of anilines is 2. The highest BCUT2D eigenvalue weighted by atomic mass is 16.5. The van der Waals surface area contributed by atoms with Crippen molar-refractivity contribution in [2.75, 3.05) is 29.4 Å². The molecule has 1 fully saturated rings. The van der Waals surface area contributed by atoms with Crippen molar-refractivity contribution in [2.24, 2.45) is 0 Å². The fraction of sp³-hybridized carbons (Fsp3) is 0.409. The van der Waals surface area contributed by atoms with Crippen molar-refractivity contribution in [1.29, 1.82) is 0 Å². The van der Waals surface area contributed by atoms with Crippen LogP contribution in [0.1, 0.15) is 25.1 Å². The van der Waals surface area contributed by atoms with Crippen molar-refractivity contribution >= 4 is 22.4 Å². The zero-order chi connectivity index (χ0) is 18.4. The summed E-state index contributed by atoms with van der Waals surface area (Å²) in [5.74, 6) is 1.05. The van der Waals surface area contributed by atoms with Crippen molar-refractivity contribution in [3.63, 3.8) is 0 Å². The molecule has 0 saturated carbocycles. The van der Waals surface area contributed by atoms with Gasteiger partial charge in [-0.05, 0) is 44.0 Å². The molecule has 1 aromatic carbocycles. The molecule has 2 aromatic heterocycles. The predicted octanol–water partition coefficient (Wildman–Crippen LogP) is 3.74. The van der Waals surface area contributed by atoms with E-state index in [1.807, 2.05) is 6.20 Å². The van der Waals surface area contributed by atoms with Crippen molar-refractivity contribution in [2.45, 2.75) is 39.0 Å². The highest BCUT2D eigenvalue weighted by molar-refractivity contribution is 5.85. The van der Waals surface area contributed by atoms with E-state index in [0.717, 1.165) is 38.4 Å². The van der Waals surface area contributed by atoms with Gasteiger partial charge in [0.2, 0.25) is 0 Å². The smallest absolute Gasteiger partial charge is 0.128 e. The maximum absolute atomic E-state index is 5.83. The molecular weight excluding hydrogens is 336 g/mol. The van der Waals surface area contributed by atoms with E-state index in [2.05, 4.69) is 65.0 Å². The Morgan fingerprint density at radius 3 is 2.63 bits per heavy atom. The van der Waals surface area contributed by atoms with Crippen LogP contribution in [-0.2, 0) is 17.7 Å². The van der Waals surface area contributed by atoms with E-state index < -0.39 is 0 Å². The summed E-state index contributed by atoms with van der Waals surface area (Å²) in [5, 5.41) is 1.37. The monoisotopic (exact) mass is 362 g/mol. The van der Waals surface area contributed by atoms with Gasteiger partial charge in [0.25, 0.3) is 0 Å². The maximum Gasteiger partial charge on any atom is 0.128 e. The zero-order valence-corrected chi connectivity index (χ0v) is 16.0. The SMILES string of the molecule is C[C@@H]1CN(c2ccc(N3CCc4c([nH]c5ccccc45)C3)cn2)C[C@H](C)O1. The quantitative estimate of drug-likeness (QED) is 0.754. The molecule has 3 aromatic rings. The minimum Gasteiger partial charge on any atom is -0.372 e. The van der Waals surface area contributed by atoms with Gasteiger partial charge >= 0.3 is 0 Å². The molecule has 2 aliphatic rings. The number of nitrogens with zero attached hydrogens (tertiary/aromatic N) is 3. The minimum atomic E-state index is 0.248. The number of rotatable bonds is 2. The highest BCUT2D eigenvalue weighted by Gasteiger charge is 2.24. The van der Waals surface area contributed by atoms with Crippen LogP contribution in [0.3, 0.4) is 0 Å². The lowest BCUT2D eigenvalue weighted by molar-refractivity contribution is -0.00545. The maximum atomic E-state index is 5.83. The van der Waals surface area contributed by atoms with Gasteiger partial charge in [0.1, 0.15) is 5.82 Å². The first-order chi connectivity index (χ1) is 13.2. The third-order valence-electron chi connectivity index (χ3n) is 5.72. The molecule has 27 heavy (non-hydrogen) atoms. The Hall–Kier alpha value is -2.53. The number of fused-ring (bicyclic) bond motifs is 3. The van der Waals surface area contributed by atoms with Crippen LogP contribution in [0.25, 0.3) is 10.9 Å². The molecule has 0 amide bonds. The largest absolute Gasteiger partial charge is 0.372 e. The number of ether oxygens (including phenoxy) is 1. The van der Waals surface area contributed by atoms with Crippen molar-refractivity contribution in [3.05, 3.63) is 53.9 Å². The number of aromatic amines is 1. The van der Waals surface area contributed by atoms with Gasteiger partial charge in [-0.15, -0.1) is 0 Å². The van der Waals surface area contributed by atoms with Gasteiger partial charge in [0.05, 0.1) is 30.6 Å². The molecule has 5 rings (SSSR count). The molecule has 2 atom stereocenters. The summed E-state index contributed by atoms with van der Waals surface area (Å²) < 4.78 is 5.83. The molecule has 0 spiro atoms. The summed E-state index contributed by atoms with van der Waals surface area (Å²) in [6.07, 6.45) is 3.59. The third kappa shape index (κ3) is 3.06. The summed E-state index contributed by atoms with van der Waals surface area (Å²) >= 11 is 0. The lowest BCUT2D eigenvalue weighted by atomic mass is 10.0. The second kappa shape index (κ2) is 6.57. The van der Waals surface area contributed by atoms with E-state index in [9.17, 15) is 0 Å². The number of hydrogen-bond donors (Lipinski definition) is 1. The van der Waals surface area contributed by atoms with Crippen LogP contribution < -0.4 is 9.80 Å². The molecule has 0 aliphatic carbocycles. The molecule has 5 nitrogen and oxygen atoms in total. The third-order valence-corrected chi connectivity index (χ3v) is 5.72. The van der Waals surface area contributed by atoms with Gasteiger partial charge in [0, 0.05) is 36.2 Å². The molecule has 1 saturated heterocycles. The number of aromatic nitrogens is 2. The number of pyridine rings is 1. The van der Waals surface area contributed by atoms with E-state index in [1.54, 1.807) is 0 Å². The van der Waals surface area contributed by atoms with Crippen LogP contribution in [0.15, 0.2) is 42.6 Å². The Morgan fingerprint density at radius 1 is 1.04 bits per heavy atom.